The molecule has 9 nitrogen and oxygen atoms in total. The van der Waals surface area contributed by atoms with E-state index in [9.17, 15) is 18.0 Å². The molecule has 32 heavy (non-hydrogen) atoms. The van der Waals surface area contributed by atoms with Crippen molar-refractivity contribution in [2.24, 2.45) is 0 Å². The number of rotatable bonds is 5. The number of halogens is 3. The molecule has 3 aromatic heterocycles. The molecular formula is C20H22F3N5O4. The van der Waals surface area contributed by atoms with Gasteiger partial charge in [0, 0.05) is 37.9 Å². The van der Waals surface area contributed by atoms with Gasteiger partial charge in [-0.3, -0.25) is 9.69 Å². The number of hydrogen-bond donors (Lipinski definition) is 2. The van der Waals surface area contributed by atoms with Gasteiger partial charge in [-0.1, -0.05) is 6.07 Å². The van der Waals surface area contributed by atoms with Gasteiger partial charge in [-0.2, -0.15) is 18.3 Å². The third kappa shape index (κ3) is 5.86. The maximum absolute atomic E-state index is 12.6. The molecule has 1 aliphatic rings. The lowest BCUT2D eigenvalue weighted by atomic mass is 10.3. The fourth-order valence-electron chi connectivity index (χ4n) is 3.11. The molecule has 0 aliphatic carbocycles. The highest BCUT2D eigenvalue weighted by Crippen LogP contribution is 2.16. The Labute approximate surface area is 181 Å². The lowest BCUT2D eigenvalue weighted by Crippen LogP contribution is -2.41. The average molecular weight is 453 g/mol. The van der Waals surface area contributed by atoms with Gasteiger partial charge in [-0.15, -0.1) is 0 Å². The SMILES string of the molecule is O=C(NCCN1CCOCC1)c1ccnn1-c1ccc2ccccn12.O=C(O)C(F)(F)F. The van der Waals surface area contributed by atoms with Gasteiger partial charge in [0.15, 0.2) is 0 Å². The van der Waals surface area contributed by atoms with Crippen LogP contribution in [0.1, 0.15) is 10.5 Å². The zero-order valence-electron chi connectivity index (χ0n) is 17.0. The van der Waals surface area contributed by atoms with E-state index in [0.29, 0.717) is 12.2 Å². The summed E-state index contributed by atoms with van der Waals surface area (Å²) in [7, 11) is 0. The highest BCUT2D eigenvalue weighted by atomic mass is 19.4. The Morgan fingerprint density at radius 3 is 2.53 bits per heavy atom. The van der Waals surface area contributed by atoms with Crippen molar-refractivity contribution in [1.29, 1.82) is 0 Å². The number of nitrogens with zero attached hydrogens (tertiary/aromatic N) is 4. The molecule has 12 heteroatoms. The van der Waals surface area contributed by atoms with E-state index in [0.717, 1.165) is 44.2 Å². The molecule has 1 aliphatic heterocycles. The Morgan fingerprint density at radius 2 is 1.84 bits per heavy atom. The van der Waals surface area contributed by atoms with Gasteiger partial charge in [0.2, 0.25) is 0 Å². The topological polar surface area (TPSA) is 101 Å². The largest absolute Gasteiger partial charge is 0.490 e. The second kappa shape index (κ2) is 10.3. The van der Waals surface area contributed by atoms with Crippen LogP contribution in [0.4, 0.5) is 13.2 Å². The number of aromatic nitrogens is 3. The van der Waals surface area contributed by atoms with Crippen LogP contribution in [0.3, 0.4) is 0 Å². The number of carbonyl (C=O) groups is 2. The third-order valence-corrected chi connectivity index (χ3v) is 4.69. The summed E-state index contributed by atoms with van der Waals surface area (Å²) in [5.41, 5.74) is 1.59. The second-order valence-corrected chi connectivity index (χ2v) is 6.83. The van der Waals surface area contributed by atoms with E-state index in [1.807, 2.05) is 40.9 Å². The molecule has 1 fully saturated rings. The van der Waals surface area contributed by atoms with E-state index >= 15 is 0 Å². The molecule has 1 saturated heterocycles. The summed E-state index contributed by atoms with van der Waals surface area (Å²) < 4.78 is 40.8. The number of carboxylic acids is 1. The zero-order chi connectivity index (χ0) is 23.1. The molecule has 4 heterocycles. The number of nitrogens with one attached hydrogen (secondary N) is 1. The summed E-state index contributed by atoms with van der Waals surface area (Å²) in [6.07, 6.45) is -1.47. The Bertz CT molecular complexity index is 1060. The minimum atomic E-state index is -5.08. The maximum Gasteiger partial charge on any atom is 0.490 e. The van der Waals surface area contributed by atoms with Crippen molar-refractivity contribution in [2.75, 3.05) is 39.4 Å². The maximum atomic E-state index is 12.6. The van der Waals surface area contributed by atoms with E-state index in [4.69, 9.17) is 14.6 Å². The van der Waals surface area contributed by atoms with E-state index in [2.05, 4.69) is 15.3 Å². The van der Waals surface area contributed by atoms with Crippen LogP contribution >= 0.6 is 0 Å². The van der Waals surface area contributed by atoms with Crippen LogP contribution in [0.2, 0.25) is 0 Å². The van der Waals surface area contributed by atoms with Crippen molar-refractivity contribution < 1.29 is 32.6 Å². The third-order valence-electron chi connectivity index (χ3n) is 4.69. The van der Waals surface area contributed by atoms with Gasteiger partial charge >= 0.3 is 12.1 Å². The Hall–Kier alpha value is -3.38. The molecular weight excluding hydrogens is 431 g/mol. The molecule has 2 N–H and O–H groups in total. The van der Waals surface area contributed by atoms with Crippen molar-refractivity contribution in [1.82, 2.24) is 24.4 Å². The molecule has 0 atom stereocenters. The Balaban J connectivity index is 0.000000360. The molecule has 0 radical (unpaired) electrons. The quantitative estimate of drug-likeness (QED) is 0.611. The van der Waals surface area contributed by atoms with Gasteiger partial charge in [-0.25, -0.2) is 9.48 Å². The molecule has 0 bridgehead atoms. The summed E-state index contributed by atoms with van der Waals surface area (Å²) >= 11 is 0. The number of fused-ring (bicyclic) bond motifs is 1. The van der Waals surface area contributed by atoms with Crippen LogP contribution in [-0.4, -0.2) is 81.6 Å². The summed E-state index contributed by atoms with van der Waals surface area (Å²) in [6, 6.07) is 11.7. The zero-order valence-corrected chi connectivity index (χ0v) is 17.0. The lowest BCUT2D eigenvalue weighted by Gasteiger charge is -2.26. The highest BCUT2D eigenvalue weighted by Gasteiger charge is 2.38. The number of alkyl halides is 3. The van der Waals surface area contributed by atoms with Gasteiger partial charge in [-0.05, 0) is 30.3 Å². The molecule has 0 unspecified atom stereocenters. The molecule has 1 amide bonds. The van der Waals surface area contributed by atoms with Crippen molar-refractivity contribution in [3.05, 3.63) is 54.5 Å². The number of ether oxygens (including phenoxy) is 1. The monoisotopic (exact) mass is 453 g/mol. The number of pyridine rings is 1. The number of hydrogen-bond acceptors (Lipinski definition) is 5. The van der Waals surface area contributed by atoms with Crippen LogP contribution in [0.15, 0.2) is 48.8 Å². The van der Waals surface area contributed by atoms with Gasteiger partial charge in [0.1, 0.15) is 11.5 Å². The van der Waals surface area contributed by atoms with E-state index in [1.54, 1.807) is 16.9 Å². The Kier molecular flexibility index (Phi) is 7.49. The Morgan fingerprint density at radius 1 is 1.12 bits per heavy atom. The van der Waals surface area contributed by atoms with E-state index in [1.165, 1.54) is 0 Å². The summed E-state index contributed by atoms with van der Waals surface area (Å²) in [4.78, 5) is 23.8. The van der Waals surface area contributed by atoms with Gasteiger partial charge in [0.05, 0.1) is 19.4 Å². The first-order valence-electron chi connectivity index (χ1n) is 9.76. The molecule has 4 rings (SSSR count). The van der Waals surface area contributed by atoms with Crippen LogP contribution in [-0.2, 0) is 9.53 Å². The fourth-order valence-corrected chi connectivity index (χ4v) is 3.11. The predicted octanol–water partition coefficient (Wildman–Crippen LogP) is 1.82. The molecule has 0 spiro atoms. The number of carbonyl (C=O) groups excluding carboxylic acids is 1. The minimum absolute atomic E-state index is 0.114. The molecule has 3 aromatic rings. The highest BCUT2D eigenvalue weighted by molar-refractivity contribution is 5.93. The first kappa shape index (κ1) is 23.3. The smallest absolute Gasteiger partial charge is 0.475 e. The van der Waals surface area contributed by atoms with Crippen LogP contribution < -0.4 is 5.32 Å². The van der Waals surface area contributed by atoms with Crippen LogP contribution in [0.25, 0.3) is 11.3 Å². The van der Waals surface area contributed by atoms with Gasteiger partial charge < -0.3 is 19.6 Å². The summed E-state index contributed by atoms with van der Waals surface area (Å²) in [6.45, 7) is 4.81. The number of carboxylic acid groups (broad SMARTS) is 1. The van der Waals surface area contributed by atoms with Gasteiger partial charge in [0.25, 0.3) is 5.91 Å². The lowest BCUT2D eigenvalue weighted by molar-refractivity contribution is -0.192. The fraction of sp³-hybridized carbons (Fsp3) is 0.350. The van der Waals surface area contributed by atoms with E-state index < -0.39 is 12.1 Å². The summed E-state index contributed by atoms with van der Waals surface area (Å²) in [5, 5.41) is 14.5. The minimum Gasteiger partial charge on any atom is -0.475 e. The molecule has 172 valence electrons. The normalized spacial score (nSPS) is 14.6. The van der Waals surface area contributed by atoms with Crippen molar-refractivity contribution in [2.45, 2.75) is 6.18 Å². The average Bonchev–Trinajstić information content (AvgIpc) is 3.41. The van der Waals surface area contributed by atoms with Crippen LogP contribution in [0.5, 0.6) is 0 Å². The number of amides is 1. The first-order chi connectivity index (χ1) is 15.3. The molecule has 0 saturated carbocycles. The summed E-state index contributed by atoms with van der Waals surface area (Å²) in [5.74, 6) is -2.02. The first-order valence-corrected chi connectivity index (χ1v) is 9.76. The second-order valence-electron chi connectivity index (χ2n) is 6.83. The van der Waals surface area contributed by atoms with Crippen molar-refractivity contribution >= 4 is 17.4 Å². The van der Waals surface area contributed by atoms with Crippen molar-refractivity contribution in [3.63, 3.8) is 0 Å². The molecule has 0 aromatic carbocycles. The van der Waals surface area contributed by atoms with E-state index in [-0.39, 0.29) is 5.91 Å². The van der Waals surface area contributed by atoms with Crippen molar-refractivity contribution in [3.8, 4) is 5.82 Å². The number of morpholine rings is 1. The van der Waals surface area contributed by atoms with Crippen LogP contribution in [0, 0.1) is 0 Å². The number of aliphatic carboxylic acids is 1. The standard InChI is InChI=1S/C18H21N5O2.C2HF3O2/c24-18(19-8-10-21-11-13-25-14-12-21)16-6-7-20-23(16)17-5-4-15-3-1-2-9-22(15)17;3-2(4,5)1(6)7/h1-7,9H,8,10-14H2,(H,19,24);(H,6,7). The predicted molar refractivity (Wildman–Crippen MR) is 108 cm³/mol.